The van der Waals surface area contributed by atoms with Gasteiger partial charge in [-0.25, -0.2) is 0 Å². The molecule has 0 saturated heterocycles. The van der Waals surface area contributed by atoms with Crippen LogP contribution in [-0.2, 0) is 6.54 Å². The maximum Gasteiger partial charge on any atom is 0.192 e. The Morgan fingerprint density at radius 2 is 2.00 bits per heavy atom. The number of aromatic amines is 1. The summed E-state index contributed by atoms with van der Waals surface area (Å²) in [6, 6.07) is 16.0. The third kappa shape index (κ3) is 3.82. The van der Waals surface area contributed by atoms with Gasteiger partial charge in [0.1, 0.15) is 0 Å². The summed E-state index contributed by atoms with van der Waals surface area (Å²) < 4.78 is 2.03. The fourth-order valence-electron chi connectivity index (χ4n) is 3.19. The van der Waals surface area contributed by atoms with Crippen LogP contribution in [0.1, 0.15) is 11.1 Å². The van der Waals surface area contributed by atoms with Crippen LogP contribution in [0.2, 0.25) is 0 Å². The number of H-pyrrole nitrogens is 1. The first-order valence-corrected chi connectivity index (χ1v) is 10.2. The minimum absolute atomic E-state index is 0.475. The number of benzene rings is 2. The second-order valence-corrected chi connectivity index (χ2v) is 7.60. The molecule has 0 bridgehead atoms. The van der Waals surface area contributed by atoms with Crippen molar-refractivity contribution in [2.75, 3.05) is 5.75 Å². The van der Waals surface area contributed by atoms with Gasteiger partial charge in [-0.3, -0.25) is 4.57 Å². The molecular weight excluding hydrogens is 382 g/mol. The van der Waals surface area contributed by atoms with Gasteiger partial charge >= 0.3 is 0 Å². The summed E-state index contributed by atoms with van der Waals surface area (Å²) in [7, 11) is 0. The van der Waals surface area contributed by atoms with E-state index in [1.807, 2.05) is 66.2 Å². The zero-order valence-corrected chi connectivity index (χ0v) is 16.9. The van der Waals surface area contributed by atoms with E-state index in [1.165, 1.54) is 11.8 Å². The fourth-order valence-corrected chi connectivity index (χ4v) is 4.10. The molecule has 0 aliphatic carbocycles. The smallest absolute Gasteiger partial charge is 0.192 e. The topological polar surface area (TPSA) is 79.1 Å². The van der Waals surface area contributed by atoms with E-state index < -0.39 is 0 Å². The van der Waals surface area contributed by atoms with Crippen molar-refractivity contribution in [3.63, 3.8) is 0 Å². The lowest BCUT2D eigenvalue weighted by molar-refractivity contribution is 0.319. The molecule has 146 valence electrons. The van der Waals surface area contributed by atoms with Gasteiger partial charge in [0.2, 0.25) is 0 Å². The quantitative estimate of drug-likeness (QED) is 0.151. The zero-order chi connectivity index (χ0) is 20.2. The highest BCUT2D eigenvalue weighted by molar-refractivity contribution is 7.99. The monoisotopic (exact) mass is 403 g/mol. The van der Waals surface area contributed by atoms with E-state index in [9.17, 15) is 5.21 Å². The van der Waals surface area contributed by atoms with Crippen molar-refractivity contribution in [3.05, 3.63) is 78.5 Å². The van der Waals surface area contributed by atoms with Crippen molar-refractivity contribution >= 4 is 28.4 Å². The Morgan fingerprint density at radius 1 is 1.21 bits per heavy atom. The van der Waals surface area contributed by atoms with Crippen LogP contribution in [-0.4, -0.2) is 36.4 Å². The zero-order valence-electron chi connectivity index (χ0n) is 16.0. The van der Waals surface area contributed by atoms with Crippen molar-refractivity contribution < 1.29 is 5.21 Å². The number of thioether (sulfide) groups is 1. The lowest BCUT2D eigenvalue weighted by atomic mass is 10.1. The third-order valence-electron chi connectivity index (χ3n) is 4.70. The summed E-state index contributed by atoms with van der Waals surface area (Å²) in [5.74, 6) is 1.26. The molecule has 4 aromatic rings. The summed E-state index contributed by atoms with van der Waals surface area (Å²) >= 11 is 1.48. The van der Waals surface area contributed by atoms with Crippen molar-refractivity contribution in [2.45, 2.75) is 18.6 Å². The molecule has 0 spiro atoms. The molecule has 0 aliphatic heterocycles. The Balaban J connectivity index is 1.63. The number of para-hydroxylation sites is 1. The van der Waals surface area contributed by atoms with Gasteiger partial charge in [0.05, 0.1) is 5.71 Å². The number of aromatic nitrogens is 4. The van der Waals surface area contributed by atoms with E-state index >= 15 is 0 Å². The summed E-state index contributed by atoms with van der Waals surface area (Å²) in [5.41, 5.74) is 4.69. The summed E-state index contributed by atoms with van der Waals surface area (Å²) in [5, 5.41) is 23.6. The van der Waals surface area contributed by atoms with E-state index in [0.717, 1.165) is 38.6 Å². The van der Waals surface area contributed by atoms with Crippen molar-refractivity contribution in [1.82, 2.24) is 19.7 Å². The number of nitrogens with zero attached hydrogens (tertiary/aromatic N) is 4. The molecule has 0 atom stereocenters. The highest BCUT2D eigenvalue weighted by Gasteiger charge is 2.17. The number of hydrogen-bond acceptors (Lipinski definition) is 5. The molecule has 0 radical (unpaired) electrons. The number of nitrogens with one attached hydrogen (secondary N) is 1. The largest absolute Gasteiger partial charge is 0.411 e. The van der Waals surface area contributed by atoms with Crippen LogP contribution in [0.4, 0.5) is 0 Å². The molecule has 2 aromatic heterocycles. The lowest BCUT2D eigenvalue weighted by Crippen LogP contribution is -2.07. The van der Waals surface area contributed by atoms with E-state index in [0.29, 0.717) is 18.0 Å². The molecule has 6 nitrogen and oxygen atoms in total. The van der Waals surface area contributed by atoms with E-state index in [2.05, 4.69) is 33.0 Å². The van der Waals surface area contributed by atoms with Gasteiger partial charge < -0.3 is 10.2 Å². The molecule has 0 fully saturated rings. The highest BCUT2D eigenvalue weighted by Crippen LogP contribution is 2.30. The van der Waals surface area contributed by atoms with Crippen molar-refractivity contribution in [1.29, 1.82) is 0 Å². The Bertz CT molecular complexity index is 1170. The Morgan fingerprint density at radius 3 is 2.76 bits per heavy atom. The first kappa shape index (κ1) is 19.0. The number of rotatable bonds is 7. The molecule has 4 rings (SSSR count). The van der Waals surface area contributed by atoms with Crippen molar-refractivity contribution in [2.24, 2.45) is 5.16 Å². The molecule has 0 amide bonds. The van der Waals surface area contributed by atoms with Crippen LogP contribution in [0.5, 0.6) is 0 Å². The van der Waals surface area contributed by atoms with Crippen LogP contribution in [0.25, 0.3) is 22.3 Å². The van der Waals surface area contributed by atoms with Crippen LogP contribution in [0.3, 0.4) is 0 Å². The fraction of sp³-hybridized carbons (Fsp3) is 0.136. The first-order valence-electron chi connectivity index (χ1n) is 9.22. The minimum atomic E-state index is 0.475. The molecule has 0 aliphatic rings. The number of hydrogen-bond donors (Lipinski definition) is 2. The van der Waals surface area contributed by atoms with Gasteiger partial charge in [-0.05, 0) is 13.0 Å². The Labute approximate surface area is 173 Å². The van der Waals surface area contributed by atoms with Crippen LogP contribution in [0, 0.1) is 6.92 Å². The first-order chi connectivity index (χ1) is 14.2. The molecule has 0 saturated carbocycles. The molecule has 2 aromatic carbocycles. The van der Waals surface area contributed by atoms with Crippen LogP contribution in [0.15, 0.2) is 77.7 Å². The minimum Gasteiger partial charge on any atom is -0.411 e. The van der Waals surface area contributed by atoms with Gasteiger partial charge in [-0.15, -0.1) is 16.8 Å². The number of fused-ring (bicyclic) bond motifs is 1. The molecule has 29 heavy (non-hydrogen) atoms. The van der Waals surface area contributed by atoms with E-state index in [4.69, 9.17) is 0 Å². The average Bonchev–Trinajstić information content (AvgIpc) is 3.34. The van der Waals surface area contributed by atoms with Crippen molar-refractivity contribution in [3.8, 4) is 11.4 Å². The maximum atomic E-state index is 9.48. The SMILES string of the molecule is C=CCn1c(SC/C(=N\O)c2ccc(C)cc2)nnc1-c1c[nH]c2ccccc12. The van der Waals surface area contributed by atoms with Gasteiger partial charge in [0.25, 0.3) is 0 Å². The predicted molar refractivity (Wildman–Crippen MR) is 118 cm³/mol. The predicted octanol–water partition coefficient (Wildman–Crippen LogP) is 4.89. The third-order valence-corrected chi connectivity index (χ3v) is 5.68. The van der Waals surface area contributed by atoms with Gasteiger partial charge in [0, 0.05) is 40.5 Å². The van der Waals surface area contributed by atoms with Gasteiger partial charge in [-0.1, -0.05) is 71.0 Å². The van der Waals surface area contributed by atoms with Gasteiger partial charge in [-0.2, -0.15) is 0 Å². The number of oxime groups is 1. The summed E-state index contributed by atoms with van der Waals surface area (Å²) in [6.45, 7) is 6.48. The second kappa shape index (κ2) is 8.36. The van der Waals surface area contributed by atoms with Gasteiger partial charge in [0.15, 0.2) is 11.0 Å². The number of aryl methyl sites for hydroxylation is 1. The molecule has 7 heteroatoms. The maximum absolute atomic E-state index is 9.48. The summed E-state index contributed by atoms with van der Waals surface area (Å²) in [6.07, 6.45) is 3.78. The average molecular weight is 404 g/mol. The second-order valence-electron chi connectivity index (χ2n) is 6.65. The summed E-state index contributed by atoms with van der Waals surface area (Å²) in [4.78, 5) is 3.28. The van der Waals surface area contributed by atoms with Crippen LogP contribution < -0.4 is 0 Å². The molecule has 2 heterocycles. The highest BCUT2D eigenvalue weighted by atomic mass is 32.2. The standard InChI is InChI=1S/C22H21N5OS/c1-3-12-27-21(18-13-23-19-7-5-4-6-17(18)19)24-25-22(27)29-14-20(26-28)16-10-8-15(2)9-11-16/h3-11,13,23,28H,1,12,14H2,2H3/b26-20+. The molecule has 0 unspecified atom stereocenters. The Kier molecular flexibility index (Phi) is 5.48. The lowest BCUT2D eigenvalue weighted by Gasteiger charge is -2.08. The van der Waals surface area contributed by atoms with Crippen LogP contribution >= 0.6 is 11.8 Å². The number of allylic oxidation sites excluding steroid dienone is 1. The molecular formula is C22H21N5OS. The molecule has 2 N–H and O–H groups in total. The van der Waals surface area contributed by atoms with E-state index in [1.54, 1.807) is 0 Å². The van der Waals surface area contributed by atoms with E-state index in [-0.39, 0.29) is 0 Å². The normalized spacial score (nSPS) is 11.8. The Hall–Kier alpha value is -3.32.